The van der Waals surface area contributed by atoms with Crippen LogP contribution in [0.3, 0.4) is 0 Å². The van der Waals surface area contributed by atoms with Crippen molar-refractivity contribution in [2.75, 3.05) is 26.9 Å². The minimum Gasteiger partial charge on any atom is -0.491 e. The van der Waals surface area contributed by atoms with Crippen LogP contribution in [0.25, 0.3) is 10.9 Å². The van der Waals surface area contributed by atoms with Crippen molar-refractivity contribution in [1.29, 1.82) is 0 Å². The molecule has 1 amide bonds. The number of fused-ring (bicyclic) bond motifs is 1. The fourth-order valence-corrected chi connectivity index (χ4v) is 1.86. The second kappa shape index (κ2) is 7.45. The molecule has 0 bridgehead atoms. The third-order valence-electron chi connectivity index (χ3n) is 2.77. The molecule has 0 aliphatic carbocycles. The number of nitrogens with zero attached hydrogens (tertiary/aromatic N) is 1. The summed E-state index contributed by atoms with van der Waals surface area (Å²) in [5.74, 6) is 0.658. The van der Waals surface area contributed by atoms with Crippen molar-refractivity contribution in [1.82, 2.24) is 10.3 Å². The quantitative estimate of drug-likeness (QED) is 0.782. The van der Waals surface area contributed by atoms with E-state index in [-0.39, 0.29) is 12.5 Å². The Morgan fingerprint density at radius 3 is 3.00 bits per heavy atom. The Morgan fingerprint density at radius 1 is 1.30 bits per heavy atom. The fraction of sp³-hybridized carbons (Fsp3) is 0.333. The number of nitrogens with one attached hydrogen (secondary N) is 1. The first-order valence-corrected chi connectivity index (χ1v) is 6.53. The standard InChI is InChI=1S/C15H18N2O3/c1-19-11-14(18)16-9-4-10-20-13-7-2-5-12-6-3-8-17-15(12)13/h2-3,5-8H,4,9-11H2,1H3,(H,16,18). The predicted molar refractivity (Wildman–Crippen MR) is 76.7 cm³/mol. The van der Waals surface area contributed by atoms with Gasteiger partial charge in [0.15, 0.2) is 0 Å². The maximum atomic E-state index is 11.2. The Kier molecular flexibility index (Phi) is 5.32. The number of ether oxygens (including phenoxy) is 2. The number of hydrogen-bond acceptors (Lipinski definition) is 4. The zero-order chi connectivity index (χ0) is 14.2. The number of amides is 1. The average molecular weight is 274 g/mol. The molecule has 0 aliphatic heterocycles. The summed E-state index contributed by atoms with van der Waals surface area (Å²) in [5.41, 5.74) is 0.860. The van der Waals surface area contributed by atoms with Crippen LogP contribution in [-0.4, -0.2) is 37.8 Å². The zero-order valence-electron chi connectivity index (χ0n) is 11.5. The number of pyridine rings is 1. The lowest BCUT2D eigenvalue weighted by Crippen LogP contribution is -2.28. The molecule has 106 valence electrons. The van der Waals surface area contributed by atoms with Gasteiger partial charge in [-0.25, -0.2) is 0 Å². The number of carbonyl (C=O) groups excluding carboxylic acids is 1. The Bertz CT molecular complexity index is 567. The van der Waals surface area contributed by atoms with Crippen LogP contribution in [0.2, 0.25) is 0 Å². The van der Waals surface area contributed by atoms with Gasteiger partial charge in [-0.2, -0.15) is 0 Å². The lowest BCUT2D eigenvalue weighted by molar-refractivity contribution is -0.124. The fourth-order valence-electron chi connectivity index (χ4n) is 1.86. The van der Waals surface area contributed by atoms with Crippen molar-refractivity contribution in [3.8, 4) is 5.75 Å². The average Bonchev–Trinajstić information content (AvgIpc) is 2.47. The number of methoxy groups -OCH3 is 1. The summed E-state index contributed by atoms with van der Waals surface area (Å²) in [4.78, 5) is 15.5. The molecule has 5 nitrogen and oxygen atoms in total. The minimum absolute atomic E-state index is 0.0914. The van der Waals surface area contributed by atoms with E-state index in [1.807, 2.05) is 30.3 Å². The van der Waals surface area contributed by atoms with Gasteiger partial charge < -0.3 is 14.8 Å². The zero-order valence-corrected chi connectivity index (χ0v) is 11.5. The SMILES string of the molecule is COCC(=O)NCCCOc1cccc2cccnc12. The first-order valence-electron chi connectivity index (χ1n) is 6.53. The van der Waals surface area contributed by atoms with E-state index in [1.54, 1.807) is 6.20 Å². The molecule has 0 saturated heterocycles. The maximum absolute atomic E-state index is 11.2. The molecular formula is C15H18N2O3. The smallest absolute Gasteiger partial charge is 0.245 e. The molecule has 1 aromatic carbocycles. The van der Waals surface area contributed by atoms with Gasteiger partial charge in [0.05, 0.1) is 6.61 Å². The lowest BCUT2D eigenvalue weighted by Gasteiger charge is -2.09. The molecule has 1 heterocycles. The molecule has 20 heavy (non-hydrogen) atoms. The molecule has 1 N–H and O–H groups in total. The summed E-state index contributed by atoms with van der Waals surface area (Å²) in [6, 6.07) is 9.75. The monoisotopic (exact) mass is 274 g/mol. The molecule has 0 fully saturated rings. The Labute approximate surface area is 117 Å². The van der Waals surface area contributed by atoms with E-state index >= 15 is 0 Å². The topological polar surface area (TPSA) is 60.5 Å². The van der Waals surface area contributed by atoms with Gasteiger partial charge in [0, 0.05) is 25.2 Å². The first-order chi connectivity index (χ1) is 9.81. The number of carbonyl (C=O) groups is 1. The summed E-state index contributed by atoms with van der Waals surface area (Å²) in [6.07, 6.45) is 2.48. The van der Waals surface area contributed by atoms with Crippen LogP contribution in [0.15, 0.2) is 36.5 Å². The highest BCUT2D eigenvalue weighted by molar-refractivity contribution is 5.84. The van der Waals surface area contributed by atoms with Gasteiger partial charge in [-0.05, 0) is 18.6 Å². The third kappa shape index (κ3) is 3.93. The van der Waals surface area contributed by atoms with Gasteiger partial charge in [-0.1, -0.05) is 18.2 Å². The Hall–Kier alpha value is -2.14. The summed E-state index contributed by atoms with van der Waals surface area (Å²) in [6.45, 7) is 1.19. The van der Waals surface area contributed by atoms with E-state index in [0.29, 0.717) is 13.2 Å². The van der Waals surface area contributed by atoms with E-state index in [9.17, 15) is 4.79 Å². The van der Waals surface area contributed by atoms with E-state index in [4.69, 9.17) is 9.47 Å². The van der Waals surface area contributed by atoms with Crippen LogP contribution in [0, 0.1) is 0 Å². The van der Waals surface area contributed by atoms with Crippen molar-refractivity contribution in [3.63, 3.8) is 0 Å². The van der Waals surface area contributed by atoms with Gasteiger partial charge >= 0.3 is 0 Å². The van der Waals surface area contributed by atoms with E-state index < -0.39 is 0 Å². The molecule has 0 radical (unpaired) electrons. The van der Waals surface area contributed by atoms with Gasteiger partial charge in [-0.15, -0.1) is 0 Å². The molecule has 0 saturated carbocycles. The molecule has 0 unspecified atom stereocenters. The molecular weight excluding hydrogens is 256 g/mol. The number of aromatic nitrogens is 1. The van der Waals surface area contributed by atoms with Crippen molar-refractivity contribution < 1.29 is 14.3 Å². The second-order valence-electron chi connectivity index (χ2n) is 4.32. The van der Waals surface area contributed by atoms with Crippen molar-refractivity contribution in [2.24, 2.45) is 0 Å². The van der Waals surface area contributed by atoms with Gasteiger partial charge in [-0.3, -0.25) is 9.78 Å². The highest BCUT2D eigenvalue weighted by Crippen LogP contribution is 2.22. The van der Waals surface area contributed by atoms with E-state index in [2.05, 4.69) is 10.3 Å². The second-order valence-corrected chi connectivity index (χ2v) is 4.32. The number of benzene rings is 1. The molecule has 2 rings (SSSR count). The lowest BCUT2D eigenvalue weighted by atomic mass is 10.2. The molecule has 0 atom stereocenters. The summed E-state index contributed by atoms with van der Waals surface area (Å²) in [7, 11) is 1.50. The van der Waals surface area contributed by atoms with Crippen LogP contribution in [0.4, 0.5) is 0 Å². The van der Waals surface area contributed by atoms with E-state index in [0.717, 1.165) is 23.1 Å². The van der Waals surface area contributed by atoms with Crippen LogP contribution >= 0.6 is 0 Å². The molecule has 0 spiro atoms. The summed E-state index contributed by atoms with van der Waals surface area (Å²) >= 11 is 0. The summed E-state index contributed by atoms with van der Waals surface area (Å²) < 4.78 is 10.4. The molecule has 1 aromatic heterocycles. The van der Waals surface area contributed by atoms with Crippen LogP contribution < -0.4 is 10.1 Å². The van der Waals surface area contributed by atoms with Crippen LogP contribution in [0.1, 0.15) is 6.42 Å². The van der Waals surface area contributed by atoms with Crippen LogP contribution in [0.5, 0.6) is 5.75 Å². The third-order valence-corrected chi connectivity index (χ3v) is 2.77. The molecule has 5 heteroatoms. The van der Waals surface area contributed by atoms with E-state index in [1.165, 1.54) is 7.11 Å². The van der Waals surface area contributed by atoms with Gasteiger partial charge in [0.25, 0.3) is 0 Å². The summed E-state index contributed by atoms with van der Waals surface area (Å²) in [5, 5.41) is 3.80. The van der Waals surface area contributed by atoms with Crippen molar-refractivity contribution in [2.45, 2.75) is 6.42 Å². The number of para-hydroxylation sites is 1. The minimum atomic E-state index is -0.112. The van der Waals surface area contributed by atoms with Crippen molar-refractivity contribution in [3.05, 3.63) is 36.5 Å². The number of hydrogen-bond donors (Lipinski definition) is 1. The highest BCUT2D eigenvalue weighted by atomic mass is 16.5. The largest absolute Gasteiger partial charge is 0.491 e. The maximum Gasteiger partial charge on any atom is 0.245 e. The molecule has 2 aromatic rings. The molecule has 0 aliphatic rings. The number of rotatable bonds is 7. The van der Waals surface area contributed by atoms with Crippen molar-refractivity contribution >= 4 is 16.8 Å². The highest BCUT2D eigenvalue weighted by Gasteiger charge is 2.03. The van der Waals surface area contributed by atoms with Gasteiger partial charge in [0.1, 0.15) is 17.9 Å². The van der Waals surface area contributed by atoms with Gasteiger partial charge in [0.2, 0.25) is 5.91 Å². The normalized spacial score (nSPS) is 10.4. The Balaban J connectivity index is 1.80. The first kappa shape index (κ1) is 14.3. The Morgan fingerprint density at radius 2 is 2.15 bits per heavy atom. The van der Waals surface area contributed by atoms with Crippen LogP contribution in [-0.2, 0) is 9.53 Å². The predicted octanol–water partition coefficient (Wildman–Crippen LogP) is 1.77.